The number of hydrogen-bond donors (Lipinski definition) is 3. The van der Waals surface area contributed by atoms with Crippen LogP contribution in [0.25, 0.3) is 0 Å². The number of benzene rings is 1. The van der Waals surface area contributed by atoms with E-state index in [0.29, 0.717) is 13.0 Å². The zero-order chi connectivity index (χ0) is 15.8. The zero-order valence-electron chi connectivity index (χ0n) is 12.8. The number of amides is 2. The van der Waals surface area contributed by atoms with Crippen molar-refractivity contribution in [1.29, 1.82) is 0 Å². The van der Waals surface area contributed by atoms with Crippen LogP contribution in [0.2, 0.25) is 0 Å². The van der Waals surface area contributed by atoms with E-state index in [1.54, 1.807) is 0 Å². The molecule has 0 aliphatic carbocycles. The molecule has 1 aromatic carbocycles. The van der Waals surface area contributed by atoms with Crippen molar-refractivity contribution in [3.8, 4) is 0 Å². The van der Waals surface area contributed by atoms with Gasteiger partial charge in [0.2, 0.25) is 0 Å². The van der Waals surface area contributed by atoms with E-state index in [1.807, 2.05) is 38.1 Å². The number of carbonyl (C=O) groups excluding carboxylic acids is 1. The minimum atomic E-state index is -1.01. The fraction of sp³-hybridized carbons (Fsp3) is 0.500. The monoisotopic (exact) mass is 292 g/mol. The van der Waals surface area contributed by atoms with Gasteiger partial charge < -0.3 is 15.7 Å². The summed E-state index contributed by atoms with van der Waals surface area (Å²) in [7, 11) is 0. The van der Waals surface area contributed by atoms with E-state index >= 15 is 0 Å². The first kappa shape index (κ1) is 17.0. The molecule has 5 nitrogen and oxygen atoms in total. The Labute approximate surface area is 125 Å². The molecule has 0 aromatic heterocycles. The van der Waals surface area contributed by atoms with Gasteiger partial charge in [0.1, 0.15) is 6.04 Å². The number of aliphatic carboxylic acids is 1. The summed E-state index contributed by atoms with van der Waals surface area (Å²) in [4.78, 5) is 23.0. The van der Waals surface area contributed by atoms with E-state index in [9.17, 15) is 9.59 Å². The average Bonchev–Trinajstić information content (AvgIpc) is 2.49. The van der Waals surface area contributed by atoms with Gasteiger partial charge >= 0.3 is 12.0 Å². The topological polar surface area (TPSA) is 78.4 Å². The van der Waals surface area contributed by atoms with Crippen LogP contribution in [-0.4, -0.2) is 23.1 Å². The maximum Gasteiger partial charge on any atom is 0.326 e. The summed E-state index contributed by atoms with van der Waals surface area (Å²) in [5, 5.41) is 14.4. The number of carboxylic acid groups (broad SMARTS) is 1. The molecule has 21 heavy (non-hydrogen) atoms. The summed E-state index contributed by atoms with van der Waals surface area (Å²) >= 11 is 0. The molecule has 0 saturated heterocycles. The van der Waals surface area contributed by atoms with Crippen molar-refractivity contribution in [2.24, 2.45) is 5.92 Å². The van der Waals surface area contributed by atoms with E-state index in [0.717, 1.165) is 12.0 Å². The van der Waals surface area contributed by atoms with Gasteiger partial charge in [-0.05, 0) is 23.5 Å². The normalized spacial score (nSPS) is 13.3. The highest BCUT2D eigenvalue weighted by Gasteiger charge is 2.25. The second-order valence-electron chi connectivity index (χ2n) is 5.15. The Balaban J connectivity index is 2.59. The van der Waals surface area contributed by atoms with Crippen LogP contribution in [0.5, 0.6) is 0 Å². The van der Waals surface area contributed by atoms with Crippen LogP contribution in [0, 0.1) is 5.92 Å². The highest BCUT2D eigenvalue weighted by Crippen LogP contribution is 2.10. The molecule has 2 atom stereocenters. The van der Waals surface area contributed by atoms with Crippen molar-refractivity contribution in [3.05, 3.63) is 35.4 Å². The number of nitrogens with one attached hydrogen (secondary N) is 2. The molecule has 0 bridgehead atoms. The summed E-state index contributed by atoms with van der Waals surface area (Å²) < 4.78 is 0. The van der Waals surface area contributed by atoms with Crippen LogP contribution in [-0.2, 0) is 17.8 Å². The molecule has 0 radical (unpaired) electrons. The first-order chi connectivity index (χ1) is 9.99. The minimum absolute atomic E-state index is 0.115. The number of hydrogen-bond acceptors (Lipinski definition) is 2. The molecule has 0 aliphatic heterocycles. The minimum Gasteiger partial charge on any atom is -0.480 e. The van der Waals surface area contributed by atoms with Gasteiger partial charge in [0.05, 0.1) is 0 Å². The maximum absolute atomic E-state index is 11.9. The molecule has 0 saturated carbocycles. The number of carbonyl (C=O) groups is 2. The lowest BCUT2D eigenvalue weighted by molar-refractivity contribution is -0.140. The molecule has 3 N–H and O–H groups in total. The average molecular weight is 292 g/mol. The predicted molar refractivity (Wildman–Crippen MR) is 82.1 cm³/mol. The van der Waals surface area contributed by atoms with Gasteiger partial charge in [-0.3, -0.25) is 0 Å². The third kappa shape index (κ3) is 5.10. The van der Waals surface area contributed by atoms with Crippen LogP contribution in [0.4, 0.5) is 4.79 Å². The summed E-state index contributed by atoms with van der Waals surface area (Å²) in [5.74, 6) is -1.12. The molecule has 0 spiro atoms. The molecule has 1 aromatic rings. The first-order valence-corrected chi connectivity index (χ1v) is 7.33. The Morgan fingerprint density at radius 2 is 1.81 bits per heavy atom. The Hall–Kier alpha value is -2.04. The molecule has 1 rings (SSSR count). The highest BCUT2D eigenvalue weighted by atomic mass is 16.4. The quantitative estimate of drug-likeness (QED) is 0.722. The predicted octanol–water partition coefficient (Wildman–Crippen LogP) is 2.55. The molecule has 5 heteroatoms. The fourth-order valence-corrected chi connectivity index (χ4v) is 2.13. The molecule has 2 amide bonds. The third-order valence-electron chi connectivity index (χ3n) is 3.70. The van der Waals surface area contributed by atoms with Gasteiger partial charge in [-0.1, -0.05) is 51.5 Å². The standard InChI is InChI=1S/C16H24N2O3/c1-4-11(3)14(15(19)20)18-16(21)17-10-13-9-7-6-8-12(13)5-2/h6-9,11,14H,4-5,10H2,1-3H3,(H,19,20)(H2,17,18,21)/t11?,14-/m0/s1. The lowest BCUT2D eigenvalue weighted by atomic mass is 9.99. The molecule has 1 unspecified atom stereocenters. The zero-order valence-corrected chi connectivity index (χ0v) is 12.8. The molecule has 116 valence electrons. The Kier molecular flexibility index (Phi) is 6.72. The molecule has 0 aliphatic rings. The van der Waals surface area contributed by atoms with E-state index in [2.05, 4.69) is 17.6 Å². The molecule has 0 heterocycles. The summed E-state index contributed by atoms with van der Waals surface area (Å²) in [6.45, 7) is 6.16. The summed E-state index contributed by atoms with van der Waals surface area (Å²) in [6.07, 6.45) is 1.58. The van der Waals surface area contributed by atoms with Gasteiger partial charge in [-0.2, -0.15) is 0 Å². The summed E-state index contributed by atoms with van der Waals surface area (Å²) in [5.41, 5.74) is 2.22. The molecular formula is C16H24N2O3. The van der Waals surface area contributed by atoms with Gasteiger partial charge in [-0.15, -0.1) is 0 Å². The van der Waals surface area contributed by atoms with Crippen LogP contribution < -0.4 is 10.6 Å². The Morgan fingerprint density at radius 3 is 2.33 bits per heavy atom. The van der Waals surface area contributed by atoms with E-state index in [-0.39, 0.29) is 5.92 Å². The van der Waals surface area contributed by atoms with Gasteiger partial charge in [0, 0.05) is 6.54 Å². The maximum atomic E-state index is 11.9. The van der Waals surface area contributed by atoms with Crippen molar-refractivity contribution in [1.82, 2.24) is 10.6 Å². The number of rotatable bonds is 7. The van der Waals surface area contributed by atoms with Crippen molar-refractivity contribution in [2.75, 3.05) is 0 Å². The van der Waals surface area contributed by atoms with Gasteiger partial charge in [0.15, 0.2) is 0 Å². The smallest absolute Gasteiger partial charge is 0.326 e. The molecule has 0 fully saturated rings. The lowest BCUT2D eigenvalue weighted by Crippen LogP contribution is -2.48. The highest BCUT2D eigenvalue weighted by molar-refractivity contribution is 5.82. The number of carboxylic acids is 1. The van der Waals surface area contributed by atoms with Crippen molar-refractivity contribution in [2.45, 2.75) is 46.2 Å². The van der Waals surface area contributed by atoms with E-state index in [4.69, 9.17) is 5.11 Å². The van der Waals surface area contributed by atoms with Crippen LogP contribution in [0.3, 0.4) is 0 Å². The van der Waals surface area contributed by atoms with Crippen LogP contribution in [0.1, 0.15) is 38.3 Å². The van der Waals surface area contributed by atoms with Gasteiger partial charge in [-0.25, -0.2) is 9.59 Å². The van der Waals surface area contributed by atoms with Crippen molar-refractivity contribution >= 4 is 12.0 Å². The number of aryl methyl sites for hydroxylation is 1. The Bertz CT molecular complexity index is 488. The van der Waals surface area contributed by atoms with E-state index < -0.39 is 18.0 Å². The van der Waals surface area contributed by atoms with Gasteiger partial charge in [0.25, 0.3) is 0 Å². The van der Waals surface area contributed by atoms with Crippen molar-refractivity contribution in [3.63, 3.8) is 0 Å². The first-order valence-electron chi connectivity index (χ1n) is 7.33. The molecular weight excluding hydrogens is 268 g/mol. The summed E-state index contributed by atoms with van der Waals surface area (Å²) in [6, 6.07) is 6.56. The van der Waals surface area contributed by atoms with Crippen LogP contribution in [0.15, 0.2) is 24.3 Å². The largest absolute Gasteiger partial charge is 0.480 e. The van der Waals surface area contributed by atoms with E-state index in [1.165, 1.54) is 5.56 Å². The fourth-order valence-electron chi connectivity index (χ4n) is 2.13. The Morgan fingerprint density at radius 1 is 1.19 bits per heavy atom. The third-order valence-corrected chi connectivity index (χ3v) is 3.70. The second-order valence-corrected chi connectivity index (χ2v) is 5.15. The lowest BCUT2D eigenvalue weighted by Gasteiger charge is -2.20. The van der Waals surface area contributed by atoms with Crippen LogP contribution >= 0.6 is 0 Å². The SMILES string of the molecule is CCc1ccccc1CNC(=O)N[C@H](C(=O)O)C(C)CC. The van der Waals surface area contributed by atoms with Crippen molar-refractivity contribution < 1.29 is 14.7 Å². The number of urea groups is 1. The second kappa shape index (κ2) is 8.29.